The van der Waals surface area contributed by atoms with E-state index in [2.05, 4.69) is 71.9 Å². The van der Waals surface area contributed by atoms with Gasteiger partial charge in [-0.25, -0.2) is 4.68 Å². The summed E-state index contributed by atoms with van der Waals surface area (Å²) in [5.74, 6) is 1.51. The average molecular weight is 342 g/mol. The highest BCUT2D eigenvalue weighted by Gasteiger charge is 2.26. The second-order valence-corrected chi connectivity index (χ2v) is 9.86. The largest absolute Gasteiger partial charge is 0.376 e. The SMILES string of the molecule is CC(C)CC(C)(C)OCCC(C)(C)c1cn(CSC(C)C)nn1. The van der Waals surface area contributed by atoms with E-state index in [0.29, 0.717) is 11.2 Å². The second-order valence-electron chi connectivity index (χ2n) is 8.33. The second kappa shape index (κ2) is 8.52. The number of hydrogen-bond donors (Lipinski definition) is 0. The van der Waals surface area contributed by atoms with Crippen molar-refractivity contribution in [2.45, 2.75) is 90.4 Å². The first-order valence-corrected chi connectivity index (χ1v) is 9.73. The molecule has 0 aliphatic rings. The molecule has 1 rings (SSSR count). The van der Waals surface area contributed by atoms with Crippen molar-refractivity contribution in [3.63, 3.8) is 0 Å². The molecule has 0 aliphatic carbocycles. The van der Waals surface area contributed by atoms with Crippen LogP contribution in [-0.2, 0) is 16.0 Å². The molecule has 0 radical (unpaired) electrons. The minimum Gasteiger partial charge on any atom is -0.376 e. The highest BCUT2D eigenvalue weighted by molar-refractivity contribution is 7.98. The number of rotatable bonds is 10. The van der Waals surface area contributed by atoms with Crippen molar-refractivity contribution in [3.05, 3.63) is 11.9 Å². The van der Waals surface area contributed by atoms with E-state index < -0.39 is 0 Å². The predicted octanol–water partition coefficient (Wildman–Crippen LogP) is 4.89. The van der Waals surface area contributed by atoms with Gasteiger partial charge >= 0.3 is 0 Å². The first-order chi connectivity index (χ1) is 10.5. The van der Waals surface area contributed by atoms with Crippen LogP contribution in [0, 0.1) is 5.92 Å². The molecule has 0 amide bonds. The lowest BCUT2D eigenvalue weighted by molar-refractivity contribution is -0.0372. The molecule has 0 spiro atoms. The van der Waals surface area contributed by atoms with Crippen molar-refractivity contribution < 1.29 is 4.74 Å². The Hall–Kier alpha value is -0.550. The van der Waals surface area contributed by atoms with Gasteiger partial charge in [-0.2, -0.15) is 0 Å². The summed E-state index contributed by atoms with van der Waals surface area (Å²) in [6, 6.07) is 0. The molecule has 0 saturated heterocycles. The molecular weight excluding hydrogens is 306 g/mol. The highest BCUT2D eigenvalue weighted by Crippen LogP contribution is 2.27. The van der Waals surface area contributed by atoms with Gasteiger partial charge in [0.1, 0.15) is 0 Å². The van der Waals surface area contributed by atoms with Crippen LogP contribution in [0.2, 0.25) is 0 Å². The van der Waals surface area contributed by atoms with E-state index >= 15 is 0 Å². The summed E-state index contributed by atoms with van der Waals surface area (Å²) in [5.41, 5.74) is 0.969. The van der Waals surface area contributed by atoms with Gasteiger partial charge in [-0.1, -0.05) is 46.8 Å². The van der Waals surface area contributed by atoms with Gasteiger partial charge in [0.05, 0.1) is 17.2 Å². The van der Waals surface area contributed by atoms with E-state index in [1.807, 2.05) is 16.4 Å². The van der Waals surface area contributed by atoms with Gasteiger partial charge < -0.3 is 4.74 Å². The molecular formula is C18H35N3OS. The third-order valence-electron chi connectivity index (χ3n) is 3.89. The van der Waals surface area contributed by atoms with Crippen molar-refractivity contribution >= 4 is 11.8 Å². The maximum atomic E-state index is 6.12. The molecule has 0 bridgehead atoms. The standard InChI is InChI=1S/C18H35N3OS/c1-14(2)11-18(7,8)22-10-9-17(5,6)16-12-21(20-19-16)13-23-15(3)4/h12,14-15H,9-11,13H2,1-8H3. The van der Waals surface area contributed by atoms with Crippen LogP contribution < -0.4 is 0 Å². The maximum absolute atomic E-state index is 6.12. The molecule has 1 aromatic heterocycles. The van der Waals surface area contributed by atoms with Crippen molar-refractivity contribution in [1.82, 2.24) is 15.0 Å². The Bertz CT molecular complexity index is 467. The maximum Gasteiger partial charge on any atom is 0.0884 e. The summed E-state index contributed by atoms with van der Waals surface area (Å²) < 4.78 is 8.06. The van der Waals surface area contributed by atoms with Crippen LogP contribution in [0.25, 0.3) is 0 Å². The summed E-state index contributed by atoms with van der Waals surface area (Å²) in [6.07, 6.45) is 4.11. The molecule has 0 fully saturated rings. The van der Waals surface area contributed by atoms with Gasteiger partial charge in [-0.3, -0.25) is 0 Å². The molecule has 1 aromatic rings. The number of hydrogen-bond acceptors (Lipinski definition) is 4. The fourth-order valence-corrected chi connectivity index (χ4v) is 3.23. The molecule has 0 aliphatic heterocycles. The monoisotopic (exact) mass is 341 g/mol. The normalized spacial score (nSPS) is 13.3. The molecule has 5 heteroatoms. The Kier molecular flexibility index (Phi) is 7.59. The van der Waals surface area contributed by atoms with Crippen LogP contribution in [0.3, 0.4) is 0 Å². The summed E-state index contributed by atoms with van der Waals surface area (Å²) >= 11 is 1.87. The molecule has 134 valence electrons. The molecule has 4 nitrogen and oxygen atoms in total. The summed E-state index contributed by atoms with van der Waals surface area (Å²) in [7, 11) is 0. The third kappa shape index (κ3) is 7.71. The minimum absolute atomic E-state index is 0.0192. The van der Waals surface area contributed by atoms with Crippen LogP contribution in [-0.4, -0.2) is 32.5 Å². The smallest absolute Gasteiger partial charge is 0.0884 e. The molecule has 0 saturated carbocycles. The molecule has 23 heavy (non-hydrogen) atoms. The zero-order valence-corrected chi connectivity index (χ0v) is 17.0. The fraction of sp³-hybridized carbons (Fsp3) is 0.889. The lowest BCUT2D eigenvalue weighted by Gasteiger charge is -2.29. The van der Waals surface area contributed by atoms with Crippen molar-refractivity contribution in [1.29, 1.82) is 0 Å². The number of ether oxygens (including phenoxy) is 1. The lowest BCUT2D eigenvalue weighted by Crippen LogP contribution is -2.29. The van der Waals surface area contributed by atoms with Gasteiger partial charge in [0.25, 0.3) is 0 Å². The van der Waals surface area contributed by atoms with Crippen molar-refractivity contribution in [3.8, 4) is 0 Å². The minimum atomic E-state index is -0.0598. The predicted molar refractivity (Wildman–Crippen MR) is 99.9 cm³/mol. The van der Waals surface area contributed by atoms with E-state index in [9.17, 15) is 0 Å². The Balaban J connectivity index is 2.52. The molecule has 0 N–H and O–H groups in total. The quantitative estimate of drug-likeness (QED) is 0.607. The lowest BCUT2D eigenvalue weighted by atomic mass is 9.86. The molecule has 0 aromatic carbocycles. The van der Waals surface area contributed by atoms with Gasteiger partial charge in [0.2, 0.25) is 0 Å². The summed E-state index contributed by atoms with van der Waals surface area (Å²) in [4.78, 5) is 0. The van der Waals surface area contributed by atoms with E-state index in [1.54, 1.807) is 0 Å². The number of nitrogens with zero attached hydrogens (tertiary/aromatic N) is 3. The van der Waals surface area contributed by atoms with Crippen LogP contribution in [0.4, 0.5) is 0 Å². The van der Waals surface area contributed by atoms with E-state index in [1.165, 1.54) is 0 Å². The highest BCUT2D eigenvalue weighted by atomic mass is 32.2. The Morgan fingerprint density at radius 3 is 2.39 bits per heavy atom. The molecule has 1 heterocycles. The summed E-state index contributed by atoms with van der Waals surface area (Å²) in [6.45, 7) is 18.4. The first kappa shape index (κ1) is 20.5. The average Bonchev–Trinajstić information content (AvgIpc) is 2.83. The molecule has 0 atom stereocenters. The molecule has 0 unspecified atom stereocenters. The van der Waals surface area contributed by atoms with Crippen LogP contribution in [0.15, 0.2) is 6.20 Å². The van der Waals surface area contributed by atoms with Crippen molar-refractivity contribution in [2.24, 2.45) is 5.92 Å². The summed E-state index contributed by atoms with van der Waals surface area (Å²) in [5, 5.41) is 9.23. The van der Waals surface area contributed by atoms with E-state index in [0.717, 1.165) is 31.0 Å². The van der Waals surface area contributed by atoms with Gasteiger partial charge in [-0.15, -0.1) is 16.9 Å². The zero-order valence-electron chi connectivity index (χ0n) is 16.2. The van der Waals surface area contributed by atoms with Gasteiger partial charge in [-0.05, 0) is 32.6 Å². The Morgan fingerprint density at radius 1 is 1.17 bits per heavy atom. The van der Waals surface area contributed by atoms with E-state index in [-0.39, 0.29) is 11.0 Å². The Morgan fingerprint density at radius 2 is 1.83 bits per heavy atom. The van der Waals surface area contributed by atoms with Crippen LogP contribution in [0.1, 0.15) is 73.9 Å². The van der Waals surface area contributed by atoms with E-state index in [4.69, 9.17) is 4.74 Å². The fourth-order valence-electron chi connectivity index (χ4n) is 2.65. The first-order valence-electron chi connectivity index (χ1n) is 8.68. The van der Waals surface area contributed by atoms with Gasteiger partial charge in [0.15, 0.2) is 0 Å². The Labute approximate surface area is 146 Å². The van der Waals surface area contributed by atoms with Crippen LogP contribution >= 0.6 is 11.8 Å². The number of thioether (sulfide) groups is 1. The van der Waals surface area contributed by atoms with Crippen molar-refractivity contribution in [2.75, 3.05) is 6.61 Å². The van der Waals surface area contributed by atoms with Gasteiger partial charge in [0, 0.05) is 23.5 Å². The topological polar surface area (TPSA) is 39.9 Å². The zero-order chi connectivity index (χ0) is 17.7. The third-order valence-corrected chi connectivity index (χ3v) is 4.97. The number of aromatic nitrogens is 3. The van der Waals surface area contributed by atoms with Crippen LogP contribution in [0.5, 0.6) is 0 Å².